The number of nitrogens with zero attached hydrogens (tertiary/aromatic N) is 4. The average Bonchev–Trinajstić information content (AvgIpc) is 3.39. The van der Waals surface area contributed by atoms with Gasteiger partial charge in [-0.25, -0.2) is 0 Å². The molecule has 0 aromatic heterocycles. The summed E-state index contributed by atoms with van der Waals surface area (Å²) in [5.41, 5.74) is -1.99. The number of likely N-dealkylation sites (N-methyl/N-ethyl adjacent to an activating group) is 1. The molecule has 1 spiro atoms. The zero-order chi connectivity index (χ0) is 27.0. The van der Waals surface area contributed by atoms with Gasteiger partial charge in [0.25, 0.3) is 0 Å². The molecule has 3 amide bonds. The second-order valence-corrected chi connectivity index (χ2v) is 11.0. The lowest BCUT2D eigenvalue weighted by atomic mass is 9.62. The Kier molecular flexibility index (Phi) is 8.13. The van der Waals surface area contributed by atoms with Crippen molar-refractivity contribution in [2.45, 2.75) is 37.5 Å². The second kappa shape index (κ2) is 10.8. The Morgan fingerprint density at radius 2 is 1.84 bits per heavy atom. The number of amides is 3. The quantitative estimate of drug-likeness (QED) is 0.384. The van der Waals surface area contributed by atoms with Crippen molar-refractivity contribution < 1.29 is 29.0 Å². The van der Waals surface area contributed by atoms with Gasteiger partial charge in [-0.1, -0.05) is 19.1 Å². The van der Waals surface area contributed by atoms with E-state index in [0.717, 1.165) is 13.1 Å². The van der Waals surface area contributed by atoms with E-state index in [9.17, 15) is 19.5 Å². The lowest BCUT2D eigenvalue weighted by molar-refractivity contribution is -0.154. The summed E-state index contributed by atoms with van der Waals surface area (Å²) in [6, 6.07) is -0.909. The molecule has 4 heterocycles. The molecule has 0 aromatic carbocycles. The van der Waals surface area contributed by atoms with Gasteiger partial charge < -0.3 is 29.3 Å². The highest BCUT2D eigenvalue weighted by Crippen LogP contribution is 2.65. The van der Waals surface area contributed by atoms with E-state index in [2.05, 4.69) is 18.1 Å². The molecule has 6 atom stereocenters. The van der Waals surface area contributed by atoms with Gasteiger partial charge in [-0.15, -0.1) is 13.2 Å². The first-order valence-electron chi connectivity index (χ1n) is 13.3. The van der Waals surface area contributed by atoms with Gasteiger partial charge in [0.15, 0.2) is 0 Å². The van der Waals surface area contributed by atoms with Crippen LogP contribution < -0.4 is 0 Å². The molecule has 0 saturated carbocycles. The lowest BCUT2D eigenvalue weighted by Crippen LogP contribution is -2.58. The Hall–Kier alpha value is -2.27. The van der Waals surface area contributed by atoms with Crippen molar-refractivity contribution in [3.63, 3.8) is 0 Å². The molecule has 4 aliphatic rings. The van der Waals surface area contributed by atoms with Crippen LogP contribution in [0.5, 0.6) is 0 Å². The van der Waals surface area contributed by atoms with Gasteiger partial charge in [-0.05, 0) is 19.3 Å². The minimum Gasteiger partial charge on any atom is -0.395 e. The molecule has 2 bridgehead atoms. The van der Waals surface area contributed by atoms with Crippen LogP contribution in [0.25, 0.3) is 0 Å². The van der Waals surface area contributed by atoms with Crippen molar-refractivity contribution in [2.24, 2.45) is 17.8 Å². The maximum atomic E-state index is 14.3. The Balaban J connectivity index is 1.68. The number of hydrogen-bond acceptors (Lipinski definition) is 7. The summed E-state index contributed by atoms with van der Waals surface area (Å²) >= 11 is 0. The molecule has 1 N–H and O–H groups in total. The summed E-state index contributed by atoms with van der Waals surface area (Å²) in [4.78, 5) is 48.9. The van der Waals surface area contributed by atoms with E-state index >= 15 is 0 Å². The third-order valence-corrected chi connectivity index (χ3v) is 8.89. The van der Waals surface area contributed by atoms with Gasteiger partial charge in [-0.2, -0.15) is 0 Å². The molecule has 206 valence electrons. The molecule has 10 nitrogen and oxygen atoms in total. The largest absolute Gasteiger partial charge is 0.395 e. The van der Waals surface area contributed by atoms with Gasteiger partial charge in [0.05, 0.1) is 37.3 Å². The molecule has 4 fully saturated rings. The maximum absolute atomic E-state index is 14.3. The average molecular weight is 519 g/mol. The van der Waals surface area contributed by atoms with Crippen LogP contribution in [0.3, 0.4) is 0 Å². The second-order valence-electron chi connectivity index (χ2n) is 11.0. The van der Waals surface area contributed by atoms with E-state index in [4.69, 9.17) is 9.47 Å². The Labute approximate surface area is 219 Å². The van der Waals surface area contributed by atoms with Crippen LogP contribution in [0, 0.1) is 17.8 Å². The molecule has 10 heteroatoms. The van der Waals surface area contributed by atoms with E-state index in [1.807, 2.05) is 13.8 Å². The molecule has 0 aliphatic carbocycles. The molecule has 4 rings (SSSR count). The zero-order valence-electron chi connectivity index (χ0n) is 22.4. The number of carbonyl (C=O) groups is 3. The predicted octanol–water partition coefficient (Wildman–Crippen LogP) is -0.0194. The summed E-state index contributed by atoms with van der Waals surface area (Å²) in [6.45, 7) is 16.0. The van der Waals surface area contributed by atoms with Crippen LogP contribution in [-0.2, 0) is 23.9 Å². The van der Waals surface area contributed by atoms with E-state index in [1.54, 1.807) is 29.0 Å². The molecule has 37 heavy (non-hydrogen) atoms. The standard InChI is InChI=1S/C27H42N4O6/c1-6-8-28(5)23(33)20-21-24(34)31(12-15-32)22(27(21)18-19(3)26(20,4)37-27)25(35)30(9-7-2)11-10-29-13-16-36-17-14-29/h6-7,19-22,32H,1-2,8-18H2,3-5H3/t19?,20-,21+,22?,26+,27?/m1/s1. The maximum Gasteiger partial charge on any atom is 0.248 e. The topological polar surface area (TPSA) is 103 Å². The number of ether oxygens (including phenoxy) is 2. The van der Waals surface area contributed by atoms with Crippen molar-refractivity contribution in [3.05, 3.63) is 25.3 Å². The van der Waals surface area contributed by atoms with Crippen LogP contribution in [-0.4, -0.2) is 132 Å². The third-order valence-electron chi connectivity index (χ3n) is 8.89. The van der Waals surface area contributed by atoms with Crippen molar-refractivity contribution in [1.29, 1.82) is 0 Å². The first-order valence-corrected chi connectivity index (χ1v) is 13.3. The van der Waals surface area contributed by atoms with Crippen LogP contribution in [0.2, 0.25) is 0 Å². The number of aliphatic hydroxyl groups is 1. The lowest BCUT2D eigenvalue weighted by Gasteiger charge is -2.38. The number of carbonyl (C=O) groups excluding carboxylic acids is 3. The minimum atomic E-state index is -1.12. The number of β-amino-alcohol motifs (C(OH)–C–C–N with tert-alkyl or cyclic N) is 1. The summed E-state index contributed by atoms with van der Waals surface area (Å²) < 4.78 is 12.2. The first kappa shape index (κ1) is 27.8. The number of aliphatic hydroxyl groups excluding tert-OH is 1. The number of hydrogen-bond donors (Lipinski definition) is 1. The van der Waals surface area contributed by atoms with Gasteiger partial charge in [-0.3, -0.25) is 19.3 Å². The molecule has 0 radical (unpaired) electrons. The Morgan fingerprint density at radius 3 is 2.46 bits per heavy atom. The molecular weight excluding hydrogens is 476 g/mol. The first-order chi connectivity index (χ1) is 17.7. The number of likely N-dealkylation sites (tertiary alicyclic amines) is 1. The monoisotopic (exact) mass is 518 g/mol. The fraction of sp³-hybridized carbons (Fsp3) is 0.741. The van der Waals surface area contributed by atoms with Gasteiger partial charge in [0.1, 0.15) is 11.6 Å². The molecule has 0 aromatic rings. The molecule has 4 aliphatic heterocycles. The van der Waals surface area contributed by atoms with Crippen LogP contribution in [0.1, 0.15) is 20.3 Å². The highest BCUT2D eigenvalue weighted by Gasteiger charge is 2.80. The van der Waals surface area contributed by atoms with Crippen LogP contribution in [0.15, 0.2) is 25.3 Å². The number of fused-ring (bicyclic) bond motifs is 1. The summed E-state index contributed by atoms with van der Waals surface area (Å²) in [6.07, 6.45) is 3.83. The molecule has 4 saturated heterocycles. The SMILES string of the molecule is C=CCN(C)C(=O)[C@H]1[C@H]2C(=O)N(CCO)C(C(=O)N(CC=C)CCN3CCOCC3)C23CC(C)[C@]1(C)O3. The Bertz CT molecular complexity index is 923. The van der Waals surface area contributed by atoms with Crippen molar-refractivity contribution in [1.82, 2.24) is 19.6 Å². The predicted molar refractivity (Wildman–Crippen MR) is 137 cm³/mol. The Morgan fingerprint density at radius 1 is 1.16 bits per heavy atom. The number of rotatable bonds is 11. The van der Waals surface area contributed by atoms with Crippen LogP contribution in [0.4, 0.5) is 0 Å². The van der Waals surface area contributed by atoms with Gasteiger partial charge in [0.2, 0.25) is 17.7 Å². The minimum absolute atomic E-state index is 0.0107. The van der Waals surface area contributed by atoms with Crippen molar-refractivity contribution >= 4 is 17.7 Å². The van der Waals surface area contributed by atoms with Crippen molar-refractivity contribution in [2.75, 3.05) is 72.7 Å². The summed E-state index contributed by atoms with van der Waals surface area (Å²) in [7, 11) is 1.70. The fourth-order valence-corrected chi connectivity index (χ4v) is 6.97. The van der Waals surface area contributed by atoms with E-state index in [0.29, 0.717) is 45.8 Å². The molecule has 3 unspecified atom stereocenters. The third kappa shape index (κ3) is 4.51. The summed E-state index contributed by atoms with van der Waals surface area (Å²) in [5, 5.41) is 9.85. The normalized spacial score (nSPS) is 34.9. The van der Waals surface area contributed by atoms with Gasteiger partial charge >= 0.3 is 0 Å². The van der Waals surface area contributed by atoms with E-state index in [1.165, 1.54) is 4.90 Å². The highest BCUT2D eigenvalue weighted by molar-refractivity contribution is 5.99. The number of morpholine rings is 1. The van der Waals surface area contributed by atoms with Crippen molar-refractivity contribution in [3.8, 4) is 0 Å². The van der Waals surface area contributed by atoms with Crippen LogP contribution >= 0.6 is 0 Å². The molecular formula is C27H42N4O6. The summed E-state index contributed by atoms with van der Waals surface area (Å²) in [5.74, 6) is -2.22. The fourth-order valence-electron chi connectivity index (χ4n) is 6.97. The van der Waals surface area contributed by atoms with E-state index in [-0.39, 0.29) is 36.8 Å². The smallest absolute Gasteiger partial charge is 0.248 e. The zero-order valence-corrected chi connectivity index (χ0v) is 22.4. The van der Waals surface area contributed by atoms with E-state index < -0.39 is 29.1 Å². The van der Waals surface area contributed by atoms with Gasteiger partial charge in [0, 0.05) is 52.9 Å². The highest BCUT2D eigenvalue weighted by atomic mass is 16.5.